The van der Waals surface area contributed by atoms with Gasteiger partial charge in [-0.05, 0) is 61.2 Å². The number of hydrogen-bond donors (Lipinski definition) is 2. The second-order valence-electron chi connectivity index (χ2n) is 5.76. The highest BCUT2D eigenvalue weighted by Gasteiger charge is 2.15. The summed E-state index contributed by atoms with van der Waals surface area (Å²) in [6, 6.07) is 3.76. The molecule has 8 heteroatoms. The molecule has 2 aromatic rings. The van der Waals surface area contributed by atoms with Crippen LogP contribution in [0.4, 0.5) is 14.9 Å². The number of carbonyl (C=O) groups excluding carboxylic acids is 1. The highest BCUT2D eigenvalue weighted by molar-refractivity contribution is 5.90. The molecule has 0 fully saturated rings. The highest BCUT2D eigenvalue weighted by atomic mass is 19.1. The summed E-state index contributed by atoms with van der Waals surface area (Å²) in [5, 5.41) is 16.2. The van der Waals surface area contributed by atoms with Crippen LogP contribution in [0.15, 0.2) is 36.2 Å². The molecule has 1 aliphatic rings. The number of anilines is 1. The van der Waals surface area contributed by atoms with Gasteiger partial charge in [-0.15, -0.1) is 5.10 Å². The molecular weight excluding hydrogens is 311 g/mol. The fraction of sp³-hybridized carbons (Fsp3) is 0.375. The number of carbonyl (C=O) groups is 1. The van der Waals surface area contributed by atoms with Crippen LogP contribution in [0.25, 0.3) is 5.69 Å². The van der Waals surface area contributed by atoms with Gasteiger partial charge in [-0.2, -0.15) is 0 Å². The van der Waals surface area contributed by atoms with E-state index in [-0.39, 0.29) is 11.7 Å². The van der Waals surface area contributed by atoms with Gasteiger partial charge in [0.25, 0.3) is 0 Å². The normalized spacial score (nSPS) is 15.5. The van der Waals surface area contributed by atoms with Crippen LogP contribution in [0.1, 0.15) is 32.6 Å². The Balaban J connectivity index is 1.67. The SMILES string of the molecule is C[C@@H](NC(=O)Nc1cc(-n2cnnn2)ccc1F)C1=CCCCC1. The zero-order valence-electron chi connectivity index (χ0n) is 13.4. The summed E-state index contributed by atoms with van der Waals surface area (Å²) in [4.78, 5) is 12.2. The molecule has 1 aliphatic carbocycles. The van der Waals surface area contributed by atoms with E-state index in [0.717, 1.165) is 19.3 Å². The van der Waals surface area contributed by atoms with E-state index in [1.807, 2.05) is 6.92 Å². The molecule has 0 radical (unpaired) electrons. The second-order valence-corrected chi connectivity index (χ2v) is 5.76. The maximum atomic E-state index is 13.9. The first-order chi connectivity index (χ1) is 11.6. The van der Waals surface area contributed by atoms with Crippen molar-refractivity contribution in [2.45, 2.75) is 38.6 Å². The van der Waals surface area contributed by atoms with Crippen LogP contribution in [0.2, 0.25) is 0 Å². The topological polar surface area (TPSA) is 84.7 Å². The van der Waals surface area contributed by atoms with Crippen molar-refractivity contribution in [3.05, 3.63) is 42.0 Å². The van der Waals surface area contributed by atoms with E-state index >= 15 is 0 Å². The summed E-state index contributed by atoms with van der Waals surface area (Å²) in [6.07, 6.45) is 7.94. The molecule has 0 unspecified atom stereocenters. The van der Waals surface area contributed by atoms with Gasteiger partial charge in [0.1, 0.15) is 12.1 Å². The van der Waals surface area contributed by atoms with Crippen LogP contribution in [0, 0.1) is 5.82 Å². The van der Waals surface area contributed by atoms with E-state index in [1.54, 1.807) is 0 Å². The van der Waals surface area contributed by atoms with Crippen LogP contribution in [-0.2, 0) is 0 Å². The zero-order chi connectivity index (χ0) is 16.9. The Morgan fingerprint density at radius 3 is 2.96 bits per heavy atom. The summed E-state index contributed by atoms with van der Waals surface area (Å²) in [7, 11) is 0. The third-order valence-corrected chi connectivity index (χ3v) is 4.04. The van der Waals surface area contributed by atoms with E-state index < -0.39 is 11.8 Å². The van der Waals surface area contributed by atoms with Gasteiger partial charge in [0.05, 0.1) is 11.4 Å². The molecule has 0 saturated carbocycles. The number of urea groups is 1. The van der Waals surface area contributed by atoms with E-state index in [4.69, 9.17) is 0 Å². The number of halogens is 1. The minimum Gasteiger partial charge on any atom is -0.332 e. The summed E-state index contributed by atoms with van der Waals surface area (Å²) < 4.78 is 15.3. The number of hydrogen-bond acceptors (Lipinski definition) is 4. The summed E-state index contributed by atoms with van der Waals surface area (Å²) in [5.74, 6) is -0.522. The number of aromatic nitrogens is 4. The van der Waals surface area contributed by atoms with Gasteiger partial charge in [0, 0.05) is 6.04 Å². The third kappa shape index (κ3) is 3.76. The molecule has 0 saturated heterocycles. The number of tetrazole rings is 1. The van der Waals surface area contributed by atoms with Gasteiger partial charge >= 0.3 is 6.03 Å². The fourth-order valence-electron chi connectivity index (χ4n) is 2.74. The molecule has 3 rings (SSSR count). The number of nitrogens with one attached hydrogen (secondary N) is 2. The van der Waals surface area contributed by atoms with Gasteiger partial charge in [-0.25, -0.2) is 13.9 Å². The van der Waals surface area contributed by atoms with Crippen LogP contribution < -0.4 is 10.6 Å². The Kier molecular flexibility index (Phi) is 4.83. The second kappa shape index (κ2) is 7.20. The minimum atomic E-state index is -0.522. The molecule has 7 nitrogen and oxygen atoms in total. The van der Waals surface area contributed by atoms with Crippen molar-refractivity contribution in [1.82, 2.24) is 25.5 Å². The average molecular weight is 330 g/mol. The van der Waals surface area contributed by atoms with Gasteiger partial charge in [-0.3, -0.25) is 0 Å². The lowest BCUT2D eigenvalue weighted by Crippen LogP contribution is -2.37. The van der Waals surface area contributed by atoms with Crippen molar-refractivity contribution < 1.29 is 9.18 Å². The predicted molar refractivity (Wildman–Crippen MR) is 87.3 cm³/mol. The average Bonchev–Trinajstić information content (AvgIpc) is 3.12. The third-order valence-electron chi connectivity index (χ3n) is 4.04. The molecule has 1 aromatic carbocycles. The highest BCUT2D eigenvalue weighted by Crippen LogP contribution is 2.21. The quantitative estimate of drug-likeness (QED) is 0.844. The molecule has 24 heavy (non-hydrogen) atoms. The van der Waals surface area contributed by atoms with E-state index in [2.05, 4.69) is 32.2 Å². The largest absolute Gasteiger partial charge is 0.332 e. The van der Waals surface area contributed by atoms with Crippen LogP contribution in [0.3, 0.4) is 0 Å². The summed E-state index contributed by atoms with van der Waals surface area (Å²) >= 11 is 0. The maximum Gasteiger partial charge on any atom is 0.319 e. The Hall–Kier alpha value is -2.77. The molecule has 1 heterocycles. The standard InChI is InChI=1S/C16H19FN6O/c1-11(12-5-3-2-4-6-12)19-16(24)20-15-9-13(7-8-14(15)17)23-10-18-21-22-23/h5,7-11H,2-4,6H2,1H3,(H2,19,20,24)/t11-/m1/s1. The Morgan fingerprint density at radius 2 is 2.25 bits per heavy atom. The van der Waals surface area contributed by atoms with Crippen molar-refractivity contribution in [2.24, 2.45) is 0 Å². The van der Waals surface area contributed by atoms with Crippen LogP contribution in [-0.4, -0.2) is 32.3 Å². The fourth-order valence-corrected chi connectivity index (χ4v) is 2.74. The predicted octanol–water partition coefficient (Wildman–Crippen LogP) is 2.81. The lowest BCUT2D eigenvalue weighted by molar-refractivity contribution is 0.250. The number of benzene rings is 1. The Bertz CT molecular complexity index is 743. The van der Waals surface area contributed by atoms with Crippen molar-refractivity contribution in [1.29, 1.82) is 0 Å². The molecule has 126 valence electrons. The Labute approximate surface area is 138 Å². The molecule has 2 amide bonds. The van der Waals surface area contributed by atoms with Gasteiger partial charge in [-0.1, -0.05) is 11.6 Å². The number of allylic oxidation sites excluding steroid dienone is 1. The molecule has 1 aromatic heterocycles. The number of amides is 2. The van der Waals surface area contributed by atoms with Gasteiger partial charge in [0.15, 0.2) is 0 Å². The van der Waals surface area contributed by atoms with E-state index in [9.17, 15) is 9.18 Å². The monoisotopic (exact) mass is 330 g/mol. The van der Waals surface area contributed by atoms with E-state index in [0.29, 0.717) is 5.69 Å². The molecule has 0 bridgehead atoms. The Morgan fingerprint density at radius 1 is 1.38 bits per heavy atom. The number of rotatable bonds is 4. The van der Waals surface area contributed by atoms with Gasteiger partial charge in [0.2, 0.25) is 0 Å². The smallest absolute Gasteiger partial charge is 0.319 e. The van der Waals surface area contributed by atoms with Crippen LogP contribution in [0.5, 0.6) is 0 Å². The lowest BCUT2D eigenvalue weighted by Gasteiger charge is -2.21. The first-order valence-corrected chi connectivity index (χ1v) is 7.93. The minimum absolute atomic E-state index is 0.0731. The molecule has 0 aliphatic heterocycles. The first-order valence-electron chi connectivity index (χ1n) is 7.93. The molecule has 1 atom stereocenters. The van der Waals surface area contributed by atoms with Gasteiger partial charge < -0.3 is 10.6 Å². The summed E-state index contributed by atoms with van der Waals surface area (Å²) in [6.45, 7) is 1.94. The van der Waals surface area contributed by atoms with Crippen molar-refractivity contribution in [3.63, 3.8) is 0 Å². The zero-order valence-corrected chi connectivity index (χ0v) is 13.4. The maximum absolute atomic E-state index is 13.9. The molecule has 2 N–H and O–H groups in total. The summed E-state index contributed by atoms with van der Waals surface area (Å²) in [5.41, 5.74) is 1.85. The molecule has 0 spiro atoms. The van der Waals surface area contributed by atoms with Crippen molar-refractivity contribution in [3.8, 4) is 5.69 Å². The van der Waals surface area contributed by atoms with Crippen LogP contribution >= 0.6 is 0 Å². The first kappa shape index (κ1) is 16.1. The number of nitrogens with zero attached hydrogens (tertiary/aromatic N) is 4. The molecular formula is C16H19FN6O. The van der Waals surface area contributed by atoms with Crippen molar-refractivity contribution in [2.75, 3.05) is 5.32 Å². The van der Waals surface area contributed by atoms with E-state index in [1.165, 1.54) is 41.2 Å². The lowest BCUT2D eigenvalue weighted by atomic mass is 9.95. The van der Waals surface area contributed by atoms with Crippen molar-refractivity contribution >= 4 is 11.7 Å².